The van der Waals surface area contributed by atoms with Gasteiger partial charge >= 0.3 is 5.69 Å². The molecule has 20 heavy (non-hydrogen) atoms. The lowest BCUT2D eigenvalue weighted by Gasteiger charge is -2.17. The molecule has 0 aliphatic rings. The van der Waals surface area contributed by atoms with E-state index in [1.54, 1.807) is 6.92 Å². The van der Waals surface area contributed by atoms with Crippen LogP contribution in [-0.4, -0.2) is 19.5 Å². The van der Waals surface area contributed by atoms with Crippen LogP contribution >= 0.6 is 0 Å². The van der Waals surface area contributed by atoms with Crippen molar-refractivity contribution < 1.29 is 5.11 Å². The van der Waals surface area contributed by atoms with Gasteiger partial charge in [0.1, 0.15) is 11.9 Å². The topological polar surface area (TPSA) is 77.1 Å². The summed E-state index contributed by atoms with van der Waals surface area (Å²) in [6.45, 7) is 7.29. The van der Waals surface area contributed by atoms with Crippen molar-refractivity contribution in [3.63, 3.8) is 0 Å². The molecule has 1 N–H and O–H groups in total. The highest BCUT2D eigenvalue weighted by molar-refractivity contribution is 5.60. The summed E-state index contributed by atoms with van der Waals surface area (Å²) in [6.07, 6.45) is 1.09. The molecule has 0 unspecified atom stereocenters. The Morgan fingerprint density at radius 1 is 1.00 bits per heavy atom. The van der Waals surface area contributed by atoms with Gasteiger partial charge < -0.3 is 5.11 Å². The van der Waals surface area contributed by atoms with Crippen LogP contribution in [0.2, 0.25) is 0 Å². The fraction of sp³-hybridized carbons (Fsp3) is 0.357. The Kier molecular flexibility index (Phi) is 3.25. The molecule has 0 saturated heterocycles. The third-order valence-corrected chi connectivity index (χ3v) is 3.84. The van der Waals surface area contributed by atoms with Crippen LogP contribution < -0.4 is 11.2 Å². The lowest BCUT2D eigenvalue weighted by Crippen LogP contribution is -2.38. The molecule has 0 aliphatic heterocycles. The minimum absolute atomic E-state index is 0.144. The average molecular weight is 275 g/mol. The van der Waals surface area contributed by atoms with Gasteiger partial charge in [0, 0.05) is 12.6 Å². The van der Waals surface area contributed by atoms with Gasteiger partial charge in [0.25, 0.3) is 5.56 Å². The van der Waals surface area contributed by atoms with Crippen molar-refractivity contribution in [2.24, 2.45) is 7.05 Å². The first kappa shape index (κ1) is 14.0. The highest BCUT2D eigenvalue weighted by Crippen LogP contribution is 2.32. The molecular weight excluding hydrogens is 258 g/mol. The van der Waals surface area contributed by atoms with Crippen molar-refractivity contribution in [2.45, 2.75) is 27.7 Å². The molecule has 6 heteroatoms. The predicted octanol–water partition coefficient (Wildman–Crippen LogP) is 0.870. The van der Waals surface area contributed by atoms with Crippen molar-refractivity contribution in [2.75, 3.05) is 0 Å². The molecule has 6 nitrogen and oxygen atoms in total. The largest absolute Gasteiger partial charge is 0.507 e. The van der Waals surface area contributed by atoms with Gasteiger partial charge in [-0.3, -0.25) is 9.36 Å². The maximum absolute atomic E-state index is 12.2. The Balaban J connectivity index is 2.95. The molecule has 0 fully saturated rings. The molecule has 0 radical (unpaired) electrons. The fourth-order valence-electron chi connectivity index (χ4n) is 2.26. The maximum Gasteiger partial charge on any atom is 0.351 e. The van der Waals surface area contributed by atoms with Crippen LogP contribution in [0.5, 0.6) is 5.75 Å². The SMILES string of the molecule is Cc1c(C)c(O)c(C)c(-n2ncc(=O)n(C)c2=O)c1C. The van der Waals surface area contributed by atoms with Crippen molar-refractivity contribution in [1.29, 1.82) is 0 Å². The van der Waals surface area contributed by atoms with Crippen LogP contribution in [0.4, 0.5) is 0 Å². The van der Waals surface area contributed by atoms with Gasteiger partial charge in [-0.05, 0) is 44.4 Å². The van der Waals surface area contributed by atoms with Crippen molar-refractivity contribution in [3.8, 4) is 11.4 Å². The second kappa shape index (κ2) is 4.63. The zero-order valence-electron chi connectivity index (χ0n) is 12.2. The molecule has 0 bridgehead atoms. The summed E-state index contributed by atoms with van der Waals surface area (Å²) in [6, 6.07) is 0. The Morgan fingerprint density at radius 2 is 1.60 bits per heavy atom. The van der Waals surface area contributed by atoms with Crippen molar-refractivity contribution in [3.05, 3.63) is 49.3 Å². The van der Waals surface area contributed by atoms with E-state index in [9.17, 15) is 14.7 Å². The first-order valence-electron chi connectivity index (χ1n) is 6.22. The van der Waals surface area contributed by atoms with E-state index in [0.717, 1.165) is 32.1 Å². The smallest absolute Gasteiger partial charge is 0.351 e. The second-order valence-electron chi connectivity index (χ2n) is 4.93. The molecule has 106 valence electrons. The first-order chi connectivity index (χ1) is 9.27. The van der Waals surface area contributed by atoms with Gasteiger partial charge in [-0.1, -0.05) is 0 Å². The van der Waals surface area contributed by atoms with Crippen LogP contribution in [0.15, 0.2) is 15.8 Å². The van der Waals surface area contributed by atoms with E-state index in [2.05, 4.69) is 5.10 Å². The molecule has 2 rings (SSSR count). The molecule has 2 aromatic rings. The Morgan fingerprint density at radius 3 is 2.20 bits per heavy atom. The minimum Gasteiger partial charge on any atom is -0.507 e. The number of hydrogen-bond donors (Lipinski definition) is 1. The van der Waals surface area contributed by atoms with Gasteiger partial charge in [0.05, 0.1) is 5.69 Å². The van der Waals surface area contributed by atoms with E-state index in [1.807, 2.05) is 20.8 Å². The van der Waals surface area contributed by atoms with Gasteiger partial charge in [0.15, 0.2) is 0 Å². The first-order valence-corrected chi connectivity index (χ1v) is 6.22. The van der Waals surface area contributed by atoms with Crippen molar-refractivity contribution in [1.82, 2.24) is 14.3 Å². The van der Waals surface area contributed by atoms with Crippen molar-refractivity contribution >= 4 is 0 Å². The number of benzene rings is 1. The van der Waals surface area contributed by atoms with Gasteiger partial charge in [-0.2, -0.15) is 9.78 Å². The highest BCUT2D eigenvalue weighted by atomic mass is 16.3. The average Bonchev–Trinajstić information content (AvgIpc) is 2.43. The third kappa shape index (κ3) is 1.84. The molecule has 0 saturated carbocycles. The fourth-order valence-corrected chi connectivity index (χ4v) is 2.26. The van der Waals surface area contributed by atoms with Crippen LogP contribution in [0.3, 0.4) is 0 Å². The third-order valence-electron chi connectivity index (χ3n) is 3.84. The Hall–Kier alpha value is -2.37. The van der Waals surface area contributed by atoms with Crippen LogP contribution in [0, 0.1) is 27.7 Å². The number of aromatic hydroxyl groups is 1. The summed E-state index contributed by atoms with van der Waals surface area (Å²) in [5.41, 5.74) is 2.62. The second-order valence-corrected chi connectivity index (χ2v) is 4.93. The van der Waals surface area contributed by atoms with E-state index in [1.165, 1.54) is 7.05 Å². The zero-order valence-corrected chi connectivity index (χ0v) is 12.2. The van der Waals surface area contributed by atoms with E-state index < -0.39 is 11.2 Å². The normalized spacial score (nSPS) is 10.8. The molecule has 0 aliphatic carbocycles. The predicted molar refractivity (Wildman–Crippen MR) is 75.7 cm³/mol. The van der Waals surface area contributed by atoms with Crippen LogP contribution in [-0.2, 0) is 7.05 Å². The highest BCUT2D eigenvalue weighted by Gasteiger charge is 2.18. The summed E-state index contributed by atoms with van der Waals surface area (Å²) < 4.78 is 2.14. The molecule has 0 spiro atoms. The Bertz CT molecular complexity index is 787. The number of phenols is 1. The summed E-state index contributed by atoms with van der Waals surface area (Å²) in [4.78, 5) is 23.6. The number of phenolic OH excluding ortho intramolecular Hbond substituents is 1. The van der Waals surface area contributed by atoms with E-state index >= 15 is 0 Å². The summed E-state index contributed by atoms with van der Waals surface area (Å²) in [5, 5.41) is 14.1. The van der Waals surface area contributed by atoms with Crippen LogP contribution in [0.25, 0.3) is 5.69 Å². The summed E-state index contributed by atoms with van der Waals surface area (Å²) in [7, 11) is 1.40. The monoisotopic (exact) mass is 275 g/mol. The molecule has 1 aromatic heterocycles. The van der Waals surface area contributed by atoms with Gasteiger partial charge in [0.2, 0.25) is 0 Å². The zero-order chi connectivity index (χ0) is 15.2. The van der Waals surface area contributed by atoms with E-state index in [-0.39, 0.29) is 5.75 Å². The summed E-state index contributed by atoms with van der Waals surface area (Å²) in [5.74, 6) is 0.144. The molecule has 1 aromatic carbocycles. The molecular formula is C14H17N3O3. The molecule has 1 heterocycles. The van der Waals surface area contributed by atoms with Crippen LogP contribution in [0.1, 0.15) is 22.3 Å². The number of aromatic nitrogens is 3. The lowest BCUT2D eigenvalue weighted by molar-refractivity contribution is 0.464. The van der Waals surface area contributed by atoms with Gasteiger partial charge in [-0.15, -0.1) is 0 Å². The standard InChI is InChI=1S/C14H17N3O3/c1-7-8(2)12(10(4)13(19)9(7)3)17-14(20)16(5)11(18)6-15-17/h6,19H,1-5H3. The Labute approximate surface area is 115 Å². The maximum atomic E-state index is 12.2. The number of nitrogens with zero attached hydrogens (tertiary/aromatic N) is 3. The minimum atomic E-state index is -0.536. The van der Waals surface area contributed by atoms with E-state index in [0.29, 0.717) is 11.3 Å². The molecule has 0 atom stereocenters. The quantitative estimate of drug-likeness (QED) is 0.837. The molecule has 0 amide bonds. The van der Waals surface area contributed by atoms with Gasteiger partial charge in [-0.25, -0.2) is 4.79 Å². The van der Waals surface area contributed by atoms with E-state index in [4.69, 9.17) is 0 Å². The summed E-state index contributed by atoms with van der Waals surface area (Å²) >= 11 is 0. The number of rotatable bonds is 1. The number of hydrogen-bond acceptors (Lipinski definition) is 4. The lowest BCUT2D eigenvalue weighted by atomic mass is 9.97.